The van der Waals surface area contributed by atoms with Gasteiger partial charge in [0.25, 0.3) is 0 Å². The molecule has 2 aromatic rings. The van der Waals surface area contributed by atoms with Crippen molar-refractivity contribution in [2.75, 3.05) is 6.61 Å². The molecule has 25 heavy (non-hydrogen) atoms. The molecule has 0 aliphatic heterocycles. The van der Waals surface area contributed by atoms with Gasteiger partial charge in [-0.05, 0) is 50.1 Å². The third-order valence-corrected chi connectivity index (χ3v) is 4.72. The van der Waals surface area contributed by atoms with E-state index in [1.54, 1.807) is 12.1 Å². The van der Waals surface area contributed by atoms with Crippen LogP contribution in [0.5, 0.6) is 11.5 Å². The Hall–Kier alpha value is -1.42. The fourth-order valence-corrected chi connectivity index (χ4v) is 2.81. The first-order valence-electron chi connectivity index (χ1n) is 8.59. The highest BCUT2D eigenvalue weighted by Crippen LogP contribution is 2.31. The van der Waals surface area contributed by atoms with Crippen LogP contribution in [0.3, 0.4) is 0 Å². The summed E-state index contributed by atoms with van der Waals surface area (Å²) in [5.41, 5.74) is 1.93. The van der Waals surface area contributed by atoms with E-state index in [0.29, 0.717) is 35.1 Å². The Bertz CT molecular complexity index is 671. The Morgan fingerprint density at radius 2 is 1.72 bits per heavy atom. The number of rotatable bonds is 9. The predicted molar refractivity (Wildman–Crippen MR) is 105 cm³/mol. The van der Waals surface area contributed by atoms with E-state index in [1.807, 2.05) is 31.2 Å². The van der Waals surface area contributed by atoms with Crippen molar-refractivity contribution in [2.45, 2.75) is 46.4 Å². The third-order valence-electron chi connectivity index (χ3n) is 4.01. The maximum Gasteiger partial charge on any atom is 0.161 e. The first-order valence-corrected chi connectivity index (χ1v) is 9.35. The summed E-state index contributed by atoms with van der Waals surface area (Å²) >= 11 is 12.4. The van der Waals surface area contributed by atoms with Gasteiger partial charge in [0.15, 0.2) is 11.5 Å². The Balaban J connectivity index is 2.11. The topological polar surface area (TPSA) is 30.5 Å². The molecule has 2 rings (SSSR count). The van der Waals surface area contributed by atoms with Crippen LogP contribution in [0.2, 0.25) is 10.0 Å². The van der Waals surface area contributed by atoms with Gasteiger partial charge in [-0.25, -0.2) is 0 Å². The third kappa shape index (κ3) is 5.81. The lowest BCUT2D eigenvalue weighted by Crippen LogP contribution is -2.24. The molecular weight excluding hydrogens is 357 g/mol. The molecule has 0 unspecified atom stereocenters. The summed E-state index contributed by atoms with van der Waals surface area (Å²) in [6, 6.07) is 11.9. The van der Waals surface area contributed by atoms with E-state index in [0.717, 1.165) is 29.8 Å². The Morgan fingerprint density at radius 3 is 2.36 bits per heavy atom. The molecule has 0 saturated heterocycles. The van der Waals surface area contributed by atoms with Gasteiger partial charge < -0.3 is 14.8 Å². The summed E-state index contributed by atoms with van der Waals surface area (Å²) in [7, 11) is 0. The fourth-order valence-electron chi connectivity index (χ4n) is 2.31. The van der Waals surface area contributed by atoms with Crippen molar-refractivity contribution in [1.82, 2.24) is 5.32 Å². The smallest absolute Gasteiger partial charge is 0.161 e. The van der Waals surface area contributed by atoms with Gasteiger partial charge in [-0.3, -0.25) is 0 Å². The second-order valence-corrected chi connectivity index (χ2v) is 6.71. The molecule has 0 aromatic heterocycles. The number of benzene rings is 2. The lowest BCUT2D eigenvalue weighted by Gasteiger charge is -2.16. The van der Waals surface area contributed by atoms with E-state index in [9.17, 15) is 0 Å². The number of ether oxygens (including phenoxy) is 2. The lowest BCUT2D eigenvalue weighted by atomic mass is 10.1. The molecule has 0 bridgehead atoms. The molecule has 5 heteroatoms. The van der Waals surface area contributed by atoms with Gasteiger partial charge in [0.1, 0.15) is 6.61 Å². The predicted octanol–water partition coefficient (Wildman–Crippen LogP) is 5.86. The van der Waals surface area contributed by atoms with Gasteiger partial charge in [0.2, 0.25) is 0 Å². The normalized spacial score (nSPS) is 12.0. The van der Waals surface area contributed by atoms with Crippen molar-refractivity contribution in [2.24, 2.45) is 0 Å². The molecule has 0 fully saturated rings. The van der Waals surface area contributed by atoms with Gasteiger partial charge in [0, 0.05) is 28.2 Å². The molecule has 0 radical (unpaired) electrons. The maximum absolute atomic E-state index is 6.20. The summed E-state index contributed by atoms with van der Waals surface area (Å²) in [6.45, 7) is 7.97. The van der Waals surface area contributed by atoms with Gasteiger partial charge >= 0.3 is 0 Å². The molecule has 0 saturated carbocycles. The lowest BCUT2D eigenvalue weighted by molar-refractivity contribution is 0.269. The first kappa shape index (κ1) is 19.9. The van der Waals surface area contributed by atoms with Crippen molar-refractivity contribution in [3.8, 4) is 11.5 Å². The van der Waals surface area contributed by atoms with Crippen molar-refractivity contribution in [3.63, 3.8) is 0 Å². The Kier molecular flexibility index (Phi) is 7.89. The van der Waals surface area contributed by atoms with E-state index in [1.165, 1.54) is 0 Å². The molecule has 0 aliphatic rings. The average Bonchev–Trinajstić information content (AvgIpc) is 2.60. The zero-order chi connectivity index (χ0) is 18.2. The number of hydrogen-bond acceptors (Lipinski definition) is 3. The summed E-state index contributed by atoms with van der Waals surface area (Å²) in [5, 5.41) is 4.67. The Morgan fingerprint density at radius 1 is 1.00 bits per heavy atom. The summed E-state index contributed by atoms with van der Waals surface area (Å²) in [5.74, 6) is 1.42. The molecule has 0 amide bonds. The van der Waals surface area contributed by atoms with E-state index < -0.39 is 0 Å². The number of nitrogens with one attached hydrogen (secondary N) is 1. The second-order valence-electron chi connectivity index (χ2n) is 5.89. The van der Waals surface area contributed by atoms with Crippen molar-refractivity contribution in [3.05, 3.63) is 57.6 Å². The zero-order valence-electron chi connectivity index (χ0n) is 14.9. The van der Waals surface area contributed by atoms with E-state index in [4.69, 9.17) is 32.7 Å². The van der Waals surface area contributed by atoms with Crippen molar-refractivity contribution < 1.29 is 9.47 Å². The van der Waals surface area contributed by atoms with Crippen LogP contribution in [-0.4, -0.2) is 12.6 Å². The van der Waals surface area contributed by atoms with Crippen LogP contribution in [0.1, 0.15) is 38.3 Å². The minimum atomic E-state index is 0.295. The summed E-state index contributed by atoms with van der Waals surface area (Å²) < 4.78 is 11.7. The SMILES string of the molecule is CCOc1cc(CN[C@@H](C)CC)ccc1OCc1c(Cl)cccc1Cl. The minimum absolute atomic E-state index is 0.295. The molecule has 0 spiro atoms. The van der Waals surface area contributed by atoms with Crippen LogP contribution in [0, 0.1) is 0 Å². The number of halogens is 2. The highest BCUT2D eigenvalue weighted by Gasteiger charge is 2.11. The maximum atomic E-state index is 6.20. The van der Waals surface area contributed by atoms with E-state index >= 15 is 0 Å². The van der Waals surface area contributed by atoms with Gasteiger partial charge in [-0.2, -0.15) is 0 Å². The molecule has 0 heterocycles. The minimum Gasteiger partial charge on any atom is -0.490 e. The fraction of sp³-hybridized carbons (Fsp3) is 0.400. The molecular formula is C20H25Cl2NO2. The molecule has 1 N–H and O–H groups in total. The van der Waals surface area contributed by atoms with Crippen LogP contribution in [0.25, 0.3) is 0 Å². The zero-order valence-corrected chi connectivity index (χ0v) is 16.5. The molecule has 1 atom stereocenters. The highest BCUT2D eigenvalue weighted by molar-refractivity contribution is 6.35. The standard InChI is InChI=1S/C20H25Cl2NO2/c1-4-14(3)23-12-15-9-10-19(20(11-15)24-5-2)25-13-16-17(21)7-6-8-18(16)22/h6-11,14,23H,4-5,12-13H2,1-3H3/t14-/m0/s1. The van der Waals surface area contributed by atoms with Gasteiger partial charge in [-0.1, -0.05) is 42.3 Å². The van der Waals surface area contributed by atoms with Crippen LogP contribution in [0.15, 0.2) is 36.4 Å². The molecule has 136 valence electrons. The second kappa shape index (κ2) is 9.91. The van der Waals surface area contributed by atoms with Gasteiger partial charge in [0.05, 0.1) is 6.61 Å². The summed E-state index contributed by atoms with van der Waals surface area (Å²) in [6.07, 6.45) is 1.10. The van der Waals surface area contributed by atoms with E-state index in [-0.39, 0.29) is 0 Å². The number of hydrogen-bond donors (Lipinski definition) is 1. The Labute approximate surface area is 160 Å². The van der Waals surface area contributed by atoms with Crippen LogP contribution in [-0.2, 0) is 13.2 Å². The van der Waals surface area contributed by atoms with Gasteiger partial charge in [-0.15, -0.1) is 0 Å². The van der Waals surface area contributed by atoms with Crippen molar-refractivity contribution in [1.29, 1.82) is 0 Å². The molecule has 0 aliphatic carbocycles. The molecule has 2 aromatic carbocycles. The monoisotopic (exact) mass is 381 g/mol. The van der Waals surface area contributed by atoms with Crippen LogP contribution >= 0.6 is 23.2 Å². The molecule has 3 nitrogen and oxygen atoms in total. The van der Waals surface area contributed by atoms with Crippen LogP contribution in [0.4, 0.5) is 0 Å². The van der Waals surface area contributed by atoms with Crippen molar-refractivity contribution >= 4 is 23.2 Å². The largest absolute Gasteiger partial charge is 0.490 e. The highest BCUT2D eigenvalue weighted by atomic mass is 35.5. The summed E-state index contributed by atoms with van der Waals surface area (Å²) in [4.78, 5) is 0. The quantitative estimate of drug-likeness (QED) is 0.589. The first-order chi connectivity index (χ1) is 12.0. The average molecular weight is 382 g/mol. The van der Waals surface area contributed by atoms with E-state index in [2.05, 4.69) is 19.2 Å². The van der Waals surface area contributed by atoms with Crippen LogP contribution < -0.4 is 14.8 Å².